The molecule has 13 heavy (non-hydrogen) atoms. The topological polar surface area (TPSA) is 12.0 Å². The summed E-state index contributed by atoms with van der Waals surface area (Å²) in [5.74, 6) is 0.532. The minimum absolute atomic E-state index is 0. The highest BCUT2D eigenvalue weighted by Crippen LogP contribution is 2.24. The summed E-state index contributed by atoms with van der Waals surface area (Å²) in [5.41, 5.74) is 1.43. The monoisotopic (exact) mass is 185 g/mol. The van der Waals surface area contributed by atoms with E-state index in [1.165, 1.54) is 5.57 Å². The van der Waals surface area contributed by atoms with Gasteiger partial charge < -0.3 is 5.32 Å². The maximum absolute atomic E-state index is 4.15. The Labute approximate surface area is 85.1 Å². The third kappa shape index (κ3) is 4.47. The van der Waals surface area contributed by atoms with E-state index >= 15 is 0 Å². The molecule has 0 heterocycles. The van der Waals surface area contributed by atoms with Gasteiger partial charge in [-0.05, 0) is 40.5 Å². The Morgan fingerprint density at radius 2 is 1.54 bits per heavy atom. The highest BCUT2D eigenvalue weighted by atomic mass is 15.0. The molecule has 1 N–H and O–H groups in total. The second kappa shape index (κ2) is 3.83. The van der Waals surface area contributed by atoms with Gasteiger partial charge in [0.15, 0.2) is 0 Å². The lowest BCUT2D eigenvalue weighted by Crippen LogP contribution is -2.52. The van der Waals surface area contributed by atoms with Crippen molar-refractivity contribution in [1.29, 1.82) is 0 Å². The smallest absolute Gasteiger partial charge is 0.0341 e. The van der Waals surface area contributed by atoms with Crippen LogP contribution in [0.4, 0.5) is 0 Å². The number of hydrogen-bond donors (Lipinski definition) is 1. The van der Waals surface area contributed by atoms with Gasteiger partial charge in [-0.15, -0.1) is 0 Å². The van der Waals surface area contributed by atoms with Crippen molar-refractivity contribution in [3.63, 3.8) is 0 Å². The molecule has 0 spiro atoms. The van der Waals surface area contributed by atoms with E-state index in [1.807, 2.05) is 0 Å². The van der Waals surface area contributed by atoms with Crippen molar-refractivity contribution in [1.82, 2.24) is 5.32 Å². The van der Waals surface area contributed by atoms with E-state index in [-0.39, 0.29) is 12.5 Å². The normalized spacial score (nSPS) is 13.5. The summed E-state index contributed by atoms with van der Waals surface area (Å²) < 4.78 is 0. The van der Waals surface area contributed by atoms with Crippen molar-refractivity contribution in [3.05, 3.63) is 12.2 Å². The van der Waals surface area contributed by atoms with Crippen molar-refractivity contribution in [2.75, 3.05) is 0 Å². The molecule has 1 heteroatoms. The second-order valence-corrected chi connectivity index (χ2v) is 5.68. The minimum Gasteiger partial charge on any atom is -0.303 e. The Hall–Kier alpha value is -0.300. The van der Waals surface area contributed by atoms with Gasteiger partial charge in [0.05, 0.1) is 0 Å². The summed E-state index contributed by atoms with van der Waals surface area (Å²) in [5, 5.41) is 3.58. The van der Waals surface area contributed by atoms with Crippen LogP contribution in [0, 0.1) is 5.92 Å². The molecule has 80 valence electrons. The quantitative estimate of drug-likeness (QED) is 0.662. The molecule has 0 radical (unpaired) electrons. The SMILES string of the molecule is C=C(C(C)C)C(C)(C)NC(C)(C)C.[HH]. The van der Waals surface area contributed by atoms with Crippen molar-refractivity contribution in [3.8, 4) is 0 Å². The average molecular weight is 185 g/mol. The first-order valence-corrected chi connectivity index (χ1v) is 5.05. The first-order chi connectivity index (χ1) is 5.56. The van der Waals surface area contributed by atoms with Gasteiger partial charge >= 0.3 is 0 Å². The fourth-order valence-corrected chi connectivity index (χ4v) is 1.74. The van der Waals surface area contributed by atoms with Crippen LogP contribution < -0.4 is 5.32 Å². The standard InChI is InChI=1S/C12H25N.H2/c1-9(2)10(3)12(7,8)13-11(4,5)6;/h9,13H,3H2,1-2,4-8H3;1H. The first-order valence-electron chi connectivity index (χ1n) is 5.05. The zero-order chi connectivity index (χ0) is 10.9. The van der Waals surface area contributed by atoms with Gasteiger partial charge in [-0.1, -0.05) is 26.0 Å². The predicted octanol–water partition coefficient (Wildman–Crippen LogP) is 3.61. The van der Waals surface area contributed by atoms with Crippen LogP contribution >= 0.6 is 0 Å². The molecule has 0 saturated carbocycles. The Morgan fingerprint density at radius 1 is 1.15 bits per heavy atom. The fourth-order valence-electron chi connectivity index (χ4n) is 1.74. The van der Waals surface area contributed by atoms with Gasteiger partial charge in [-0.2, -0.15) is 0 Å². The van der Waals surface area contributed by atoms with Crippen LogP contribution in [-0.2, 0) is 0 Å². The van der Waals surface area contributed by atoms with Gasteiger partial charge in [0.2, 0.25) is 0 Å². The van der Waals surface area contributed by atoms with Crippen molar-refractivity contribution < 1.29 is 1.43 Å². The van der Waals surface area contributed by atoms with Gasteiger partial charge in [-0.25, -0.2) is 0 Å². The highest BCUT2D eigenvalue weighted by Gasteiger charge is 2.27. The van der Waals surface area contributed by atoms with Crippen LogP contribution in [0.1, 0.15) is 49.9 Å². The summed E-state index contributed by atoms with van der Waals surface area (Å²) in [6.07, 6.45) is 0. The van der Waals surface area contributed by atoms with E-state index in [0.717, 1.165) is 0 Å². The van der Waals surface area contributed by atoms with Crippen LogP contribution in [-0.4, -0.2) is 11.1 Å². The van der Waals surface area contributed by atoms with Crippen molar-refractivity contribution >= 4 is 0 Å². The summed E-state index contributed by atoms with van der Waals surface area (Å²) in [6, 6.07) is 0. The molecule has 0 aromatic rings. The van der Waals surface area contributed by atoms with Crippen LogP contribution in [0.25, 0.3) is 0 Å². The Kier molecular flexibility index (Phi) is 3.74. The van der Waals surface area contributed by atoms with Crippen LogP contribution in [0.5, 0.6) is 0 Å². The average Bonchev–Trinajstić information content (AvgIpc) is 1.80. The van der Waals surface area contributed by atoms with E-state index in [0.29, 0.717) is 5.92 Å². The van der Waals surface area contributed by atoms with E-state index in [4.69, 9.17) is 0 Å². The zero-order valence-electron chi connectivity index (χ0n) is 10.3. The lowest BCUT2D eigenvalue weighted by Gasteiger charge is -2.38. The summed E-state index contributed by atoms with van der Waals surface area (Å²) in [4.78, 5) is 0. The largest absolute Gasteiger partial charge is 0.303 e. The van der Waals surface area contributed by atoms with Gasteiger partial charge in [-0.3, -0.25) is 0 Å². The lowest BCUT2D eigenvalue weighted by atomic mass is 9.85. The molecule has 0 unspecified atom stereocenters. The molecular formula is C12H27N. The van der Waals surface area contributed by atoms with Crippen LogP contribution in [0.15, 0.2) is 12.2 Å². The Bertz CT molecular complexity index is 187. The molecular weight excluding hydrogens is 158 g/mol. The molecule has 1 nitrogen and oxygen atoms in total. The third-order valence-electron chi connectivity index (χ3n) is 2.19. The Morgan fingerprint density at radius 3 is 1.77 bits per heavy atom. The van der Waals surface area contributed by atoms with Gasteiger partial charge in [0.25, 0.3) is 0 Å². The molecule has 0 aromatic carbocycles. The number of rotatable bonds is 3. The van der Waals surface area contributed by atoms with Crippen LogP contribution in [0.3, 0.4) is 0 Å². The predicted molar refractivity (Wildman–Crippen MR) is 63.1 cm³/mol. The maximum Gasteiger partial charge on any atom is 0.0341 e. The second-order valence-electron chi connectivity index (χ2n) is 5.68. The molecule has 0 rings (SSSR count). The molecule has 0 fully saturated rings. The summed E-state index contributed by atoms with van der Waals surface area (Å²) in [7, 11) is 0. The van der Waals surface area contributed by atoms with Crippen molar-refractivity contribution in [2.45, 2.75) is 59.5 Å². The van der Waals surface area contributed by atoms with E-state index < -0.39 is 0 Å². The molecule has 0 amide bonds. The zero-order valence-corrected chi connectivity index (χ0v) is 10.3. The summed E-state index contributed by atoms with van der Waals surface area (Å²) in [6.45, 7) is 19.5. The molecule has 0 saturated heterocycles. The molecule has 0 aliphatic carbocycles. The third-order valence-corrected chi connectivity index (χ3v) is 2.19. The van der Waals surface area contributed by atoms with Crippen LogP contribution in [0.2, 0.25) is 0 Å². The van der Waals surface area contributed by atoms with E-state index in [2.05, 4.69) is 60.4 Å². The molecule has 0 bridgehead atoms. The molecule has 0 aliphatic heterocycles. The van der Waals surface area contributed by atoms with E-state index in [9.17, 15) is 0 Å². The molecule has 0 aliphatic rings. The van der Waals surface area contributed by atoms with Crippen molar-refractivity contribution in [2.24, 2.45) is 5.92 Å². The summed E-state index contributed by atoms with van der Waals surface area (Å²) >= 11 is 0. The molecule has 0 atom stereocenters. The first kappa shape index (κ1) is 12.7. The number of nitrogens with one attached hydrogen (secondary N) is 1. The van der Waals surface area contributed by atoms with Gasteiger partial charge in [0.1, 0.15) is 0 Å². The van der Waals surface area contributed by atoms with E-state index in [1.54, 1.807) is 0 Å². The van der Waals surface area contributed by atoms with Gasteiger partial charge in [0, 0.05) is 12.5 Å². The highest BCUT2D eigenvalue weighted by molar-refractivity contribution is 5.16. The number of hydrogen-bond acceptors (Lipinski definition) is 1. The minimum atomic E-state index is 0. The fraction of sp³-hybridized carbons (Fsp3) is 0.833. The lowest BCUT2D eigenvalue weighted by molar-refractivity contribution is 0.304. The molecule has 0 aromatic heterocycles. The maximum atomic E-state index is 4.15. The Balaban J connectivity index is 0.